The van der Waals surface area contributed by atoms with Crippen LogP contribution in [0.3, 0.4) is 0 Å². The zero-order chi connectivity index (χ0) is 16.1. The van der Waals surface area contributed by atoms with E-state index in [1.54, 1.807) is 12.1 Å². The summed E-state index contributed by atoms with van der Waals surface area (Å²) >= 11 is 0. The average molecular weight is 312 g/mol. The monoisotopic (exact) mass is 312 g/mol. The highest BCUT2D eigenvalue weighted by atomic mass is 19.1. The summed E-state index contributed by atoms with van der Waals surface area (Å²) in [5, 5.41) is 7.54. The van der Waals surface area contributed by atoms with Gasteiger partial charge in [0.25, 0.3) is 0 Å². The lowest BCUT2D eigenvalue weighted by Gasteiger charge is -2.32. The van der Waals surface area contributed by atoms with Gasteiger partial charge in [0.1, 0.15) is 5.82 Å². The molecule has 2 nitrogen and oxygen atoms in total. The molecule has 2 N–H and O–H groups in total. The molecule has 23 heavy (non-hydrogen) atoms. The molecular formula is C20H25FN2. The van der Waals surface area contributed by atoms with Crippen LogP contribution >= 0.6 is 0 Å². The molecule has 0 amide bonds. The summed E-state index contributed by atoms with van der Waals surface area (Å²) in [5.41, 5.74) is 3.82. The number of hydrogen-bond acceptors (Lipinski definition) is 2. The molecule has 3 atom stereocenters. The average Bonchev–Trinajstić information content (AvgIpc) is 2.61. The number of nitrogens with one attached hydrogen (secondary N) is 2. The van der Waals surface area contributed by atoms with Gasteiger partial charge in [-0.05, 0) is 68.5 Å². The van der Waals surface area contributed by atoms with E-state index in [4.69, 9.17) is 0 Å². The minimum Gasteiger partial charge on any atom is -0.316 e. The van der Waals surface area contributed by atoms with Gasteiger partial charge in [0.2, 0.25) is 0 Å². The van der Waals surface area contributed by atoms with Gasteiger partial charge in [0, 0.05) is 23.5 Å². The Morgan fingerprint density at radius 1 is 1.26 bits per heavy atom. The van der Waals surface area contributed by atoms with Crippen molar-refractivity contribution in [2.24, 2.45) is 5.92 Å². The van der Waals surface area contributed by atoms with E-state index in [0.29, 0.717) is 5.92 Å². The first-order valence-electron chi connectivity index (χ1n) is 8.68. The van der Waals surface area contributed by atoms with Crippen molar-refractivity contribution in [3.05, 3.63) is 53.4 Å². The second-order valence-corrected chi connectivity index (χ2v) is 7.71. The summed E-state index contributed by atoms with van der Waals surface area (Å²) in [7, 11) is 0. The summed E-state index contributed by atoms with van der Waals surface area (Å²) in [4.78, 5) is 0. The molecule has 3 aliphatic rings. The lowest BCUT2D eigenvalue weighted by Crippen LogP contribution is -2.49. The Bertz CT molecular complexity index is 693. The maximum absolute atomic E-state index is 13.6. The van der Waals surface area contributed by atoms with Crippen LogP contribution in [0.2, 0.25) is 0 Å². The number of halogens is 1. The van der Waals surface area contributed by atoms with Gasteiger partial charge in [0.15, 0.2) is 0 Å². The van der Waals surface area contributed by atoms with Gasteiger partial charge in [0.05, 0.1) is 0 Å². The molecule has 2 heterocycles. The molecule has 2 saturated heterocycles. The second kappa shape index (κ2) is 5.29. The Labute approximate surface area is 137 Å². The smallest absolute Gasteiger partial charge is 0.123 e. The van der Waals surface area contributed by atoms with Gasteiger partial charge in [-0.3, -0.25) is 0 Å². The second-order valence-electron chi connectivity index (χ2n) is 7.71. The quantitative estimate of drug-likeness (QED) is 0.827. The fraction of sp³-hybridized carbons (Fsp3) is 0.500. The molecule has 1 aromatic rings. The third-order valence-corrected chi connectivity index (χ3v) is 5.94. The van der Waals surface area contributed by atoms with Crippen molar-refractivity contribution in [1.82, 2.24) is 10.6 Å². The largest absolute Gasteiger partial charge is 0.316 e. The van der Waals surface area contributed by atoms with Crippen molar-refractivity contribution in [3.8, 4) is 0 Å². The number of fused-ring (bicyclic) bond motifs is 3. The van der Waals surface area contributed by atoms with Crippen LogP contribution in [0.15, 0.2) is 42.0 Å². The highest BCUT2D eigenvalue weighted by molar-refractivity contribution is 5.77. The topological polar surface area (TPSA) is 24.1 Å². The van der Waals surface area contributed by atoms with Crippen LogP contribution in [0.4, 0.5) is 4.39 Å². The minimum atomic E-state index is -0.166. The number of rotatable bonds is 1. The zero-order valence-corrected chi connectivity index (χ0v) is 14.0. The molecule has 0 spiro atoms. The minimum absolute atomic E-state index is 0.0370. The molecule has 1 aliphatic carbocycles. The van der Waals surface area contributed by atoms with E-state index in [9.17, 15) is 4.39 Å². The number of hydrogen-bond donors (Lipinski definition) is 2. The van der Waals surface area contributed by atoms with Gasteiger partial charge in [-0.15, -0.1) is 0 Å². The van der Waals surface area contributed by atoms with Gasteiger partial charge in [-0.1, -0.05) is 24.3 Å². The fourth-order valence-corrected chi connectivity index (χ4v) is 4.75. The summed E-state index contributed by atoms with van der Waals surface area (Å²) in [6.07, 6.45) is 7.96. The molecule has 3 heteroatoms. The molecule has 0 bridgehead atoms. The third kappa shape index (κ3) is 2.47. The van der Waals surface area contributed by atoms with Crippen LogP contribution in [0.1, 0.15) is 38.7 Å². The standard InChI is InChI=1S/C20H25FN2/c1-19-8-4-10-22-13-18(19)17-12-15(7-9-20(17,2)23-19)14-5-3-6-16(21)11-14/h3,5-7,11-12,18,22-23H,4,8-10,13H2,1-2H3/t18-,19-,20?/m0/s1. The van der Waals surface area contributed by atoms with Crippen LogP contribution in [-0.2, 0) is 0 Å². The van der Waals surface area contributed by atoms with Gasteiger partial charge in [-0.2, -0.15) is 0 Å². The predicted octanol–water partition coefficient (Wildman–Crippen LogP) is 3.66. The summed E-state index contributed by atoms with van der Waals surface area (Å²) in [6.45, 7) is 6.82. The molecular weight excluding hydrogens is 287 g/mol. The number of benzene rings is 1. The maximum Gasteiger partial charge on any atom is 0.123 e. The number of allylic oxidation sites excluding steroid dienone is 2. The zero-order valence-electron chi connectivity index (χ0n) is 14.0. The summed E-state index contributed by atoms with van der Waals surface area (Å²) in [6, 6.07) is 6.94. The third-order valence-electron chi connectivity index (χ3n) is 5.94. The normalized spacial score (nSPS) is 36.6. The van der Waals surface area contributed by atoms with Gasteiger partial charge < -0.3 is 10.6 Å². The van der Waals surface area contributed by atoms with Crippen molar-refractivity contribution in [2.45, 2.75) is 44.2 Å². The van der Waals surface area contributed by atoms with E-state index in [2.05, 4.69) is 36.6 Å². The summed E-state index contributed by atoms with van der Waals surface area (Å²) in [5.74, 6) is 0.341. The first kappa shape index (κ1) is 15.1. The van der Waals surface area contributed by atoms with Crippen LogP contribution in [0.5, 0.6) is 0 Å². The Balaban J connectivity index is 1.74. The van der Waals surface area contributed by atoms with E-state index in [1.807, 2.05) is 6.07 Å². The SMILES string of the molecule is CC12CC=C(c3cccc(F)c3)C=C1[C@@H]1CNCCC[C@]1(C)N2. The molecule has 122 valence electrons. The van der Waals surface area contributed by atoms with Crippen molar-refractivity contribution >= 4 is 5.57 Å². The van der Waals surface area contributed by atoms with E-state index >= 15 is 0 Å². The molecule has 2 aliphatic heterocycles. The molecule has 0 aromatic heterocycles. The molecule has 4 rings (SSSR count). The highest BCUT2D eigenvalue weighted by Crippen LogP contribution is 2.48. The molecule has 0 radical (unpaired) electrons. The van der Waals surface area contributed by atoms with E-state index in [-0.39, 0.29) is 16.9 Å². The molecule has 0 saturated carbocycles. The molecule has 1 unspecified atom stereocenters. The Morgan fingerprint density at radius 2 is 2.13 bits per heavy atom. The lowest BCUT2D eigenvalue weighted by molar-refractivity contribution is 0.280. The van der Waals surface area contributed by atoms with Crippen LogP contribution in [0, 0.1) is 11.7 Å². The summed E-state index contributed by atoms with van der Waals surface area (Å²) < 4.78 is 13.6. The van der Waals surface area contributed by atoms with Crippen molar-refractivity contribution in [2.75, 3.05) is 13.1 Å². The van der Waals surface area contributed by atoms with Crippen molar-refractivity contribution in [1.29, 1.82) is 0 Å². The Morgan fingerprint density at radius 3 is 2.96 bits per heavy atom. The van der Waals surface area contributed by atoms with Crippen LogP contribution < -0.4 is 10.6 Å². The Hall–Kier alpha value is -1.45. The van der Waals surface area contributed by atoms with Crippen LogP contribution in [0.25, 0.3) is 5.57 Å². The van der Waals surface area contributed by atoms with E-state index in [1.165, 1.54) is 24.5 Å². The van der Waals surface area contributed by atoms with Gasteiger partial charge >= 0.3 is 0 Å². The van der Waals surface area contributed by atoms with Crippen molar-refractivity contribution in [3.63, 3.8) is 0 Å². The maximum atomic E-state index is 13.6. The first-order chi connectivity index (χ1) is 11.0. The highest BCUT2D eigenvalue weighted by Gasteiger charge is 2.52. The fourth-order valence-electron chi connectivity index (χ4n) is 4.75. The lowest BCUT2D eigenvalue weighted by atomic mass is 9.75. The Kier molecular flexibility index (Phi) is 3.47. The molecule has 2 fully saturated rings. The first-order valence-corrected chi connectivity index (χ1v) is 8.68. The van der Waals surface area contributed by atoms with E-state index in [0.717, 1.165) is 30.6 Å². The van der Waals surface area contributed by atoms with Crippen LogP contribution in [-0.4, -0.2) is 24.2 Å². The predicted molar refractivity (Wildman–Crippen MR) is 92.6 cm³/mol. The van der Waals surface area contributed by atoms with E-state index < -0.39 is 0 Å². The molecule has 1 aromatic carbocycles. The van der Waals surface area contributed by atoms with Crippen molar-refractivity contribution < 1.29 is 4.39 Å². The van der Waals surface area contributed by atoms with Gasteiger partial charge in [-0.25, -0.2) is 4.39 Å².